The van der Waals surface area contributed by atoms with Crippen LogP contribution in [0, 0.1) is 5.41 Å². The third-order valence-electron chi connectivity index (χ3n) is 3.54. The van der Waals surface area contributed by atoms with Crippen LogP contribution in [0.2, 0.25) is 5.02 Å². The van der Waals surface area contributed by atoms with Crippen LogP contribution in [-0.2, 0) is 11.7 Å². The molecule has 1 nitrogen and oxygen atoms in total. The largest absolute Gasteiger partial charge is 0.416 e. The lowest BCUT2D eigenvalue weighted by Gasteiger charge is -2.18. The van der Waals surface area contributed by atoms with E-state index in [9.17, 15) is 13.2 Å². The Bertz CT molecular complexity index is 467. The minimum atomic E-state index is -4.39. The molecule has 0 radical (unpaired) electrons. The number of alkyl halides is 3. The van der Waals surface area contributed by atoms with Gasteiger partial charge in [-0.05, 0) is 35.6 Å². The van der Waals surface area contributed by atoms with Gasteiger partial charge in [0.25, 0.3) is 0 Å². The van der Waals surface area contributed by atoms with Gasteiger partial charge in [-0.2, -0.15) is 13.2 Å². The summed E-state index contributed by atoms with van der Waals surface area (Å²) >= 11 is 5.73. The van der Waals surface area contributed by atoms with Crippen molar-refractivity contribution in [3.63, 3.8) is 0 Å². The molecule has 0 aromatic heterocycles. The van der Waals surface area contributed by atoms with Crippen LogP contribution in [0.5, 0.6) is 0 Å². The van der Waals surface area contributed by atoms with Gasteiger partial charge in [-0.15, -0.1) is 0 Å². The molecule has 0 bridgehead atoms. The predicted molar refractivity (Wildman–Crippen MR) is 60.7 cm³/mol. The number of nitrogens with two attached hydrogens (primary N) is 1. The maximum atomic E-state index is 12.6. The Morgan fingerprint density at radius 2 is 1.76 bits per heavy atom. The Labute approximate surface area is 103 Å². The number of halogens is 4. The van der Waals surface area contributed by atoms with Gasteiger partial charge >= 0.3 is 6.18 Å². The molecule has 1 aliphatic carbocycles. The molecule has 0 saturated heterocycles. The van der Waals surface area contributed by atoms with Gasteiger partial charge in [-0.1, -0.05) is 25.4 Å². The average molecular weight is 264 g/mol. The van der Waals surface area contributed by atoms with Gasteiger partial charge in [-0.3, -0.25) is 0 Å². The normalized spacial score (nSPS) is 27.0. The second kappa shape index (κ2) is 3.39. The van der Waals surface area contributed by atoms with Gasteiger partial charge in [0, 0.05) is 10.6 Å². The highest BCUT2D eigenvalue weighted by atomic mass is 35.5. The van der Waals surface area contributed by atoms with Crippen molar-refractivity contribution in [3.8, 4) is 0 Å². The van der Waals surface area contributed by atoms with Crippen molar-refractivity contribution in [2.45, 2.75) is 32.0 Å². The number of hydrogen-bond acceptors (Lipinski definition) is 1. The van der Waals surface area contributed by atoms with E-state index < -0.39 is 17.3 Å². The first-order valence-corrected chi connectivity index (χ1v) is 5.61. The smallest absolute Gasteiger partial charge is 0.321 e. The van der Waals surface area contributed by atoms with E-state index in [1.807, 2.05) is 13.8 Å². The molecule has 2 rings (SSSR count). The summed E-state index contributed by atoms with van der Waals surface area (Å²) in [7, 11) is 0. The average Bonchev–Trinajstić information content (AvgIpc) is 2.65. The summed E-state index contributed by atoms with van der Waals surface area (Å²) < 4.78 is 37.9. The maximum Gasteiger partial charge on any atom is 0.416 e. The Balaban J connectivity index is 2.48. The van der Waals surface area contributed by atoms with Gasteiger partial charge in [0.2, 0.25) is 0 Å². The molecule has 1 saturated carbocycles. The fourth-order valence-corrected chi connectivity index (χ4v) is 2.39. The summed E-state index contributed by atoms with van der Waals surface area (Å²) in [5, 5.41) is 0.0716. The molecule has 94 valence electrons. The molecule has 1 aromatic carbocycles. The minimum Gasteiger partial charge on any atom is -0.321 e. The zero-order valence-electron chi connectivity index (χ0n) is 9.53. The molecule has 2 N–H and O–H groups in total. The van der Waals surface area contributed by atoms with E-state index in [0.29, 0.717) is 12.0 Å². The van der Waals surface area contributed by atoms with Crippen LogP contribution < -0.4 is 5.73 Å². The van der Waals surface area contributed by atoms with Crippen LogP contribution in [0.4, 0.5) is 13.2 Å². The Morgan fingerprint density at radius 1 is 1.24 bits per heavy atom. The third-order valence-corrected chi connectivity index (χ3v) is 3.76. The first-order chi connectivity index (χ1) is 7.56. The predicted octanol–water partition coefficient (Wildman–Crippen LogP) is 3.94. The van der Waals surface area contributed by atoms with Gasteiger partial charge in [0.05, 0.1) is 5.56 Å². The van der Waals surface area contributed by atoms with E-state index in [2.05, 4.69) is 0 Å². The summed E-state index contributed by atoms with van der Waals surface area (Å²) in [4.78, 5) is 0. The monoisotopic (exact) mass is 263 g/mol. The number of rotatable bonds is 1. The quantitative estimate of drug-likeness (QED) is 0.816. The van der Waals surface area contributed by atoms with Crippen molar-refractivity contribution >= 4 is 11.6 Å². The first-order valence-electron chi connectivity index (χ1n) is 5.23. The molecule has 1 aromatic rings. The standard InChI is InChI=1S/C12H13ClF3N/c1-10(2)6-11(10,17)7-3-8(12(14,15)16)5-9(13)4-7/h3-5H,6,17H2,1-2H3. The van der Waals surface area contributed by atoms with E-state index in [1.165, 1.54) is 6.07 Å². The fraction of sp³-hybridized carbons (Fsp3) is 0.500. The molecule has 0 aliphatic heterocycles. The number of hydrogen-bond donors (Lipinski definition) is 1. The molecule has 0 heterocycles. The first kappa shape index (κ1) is 12.7. The van der Waals surface area contributed by atoms with Crippen molar-refractivity contribution < 1.29 is 13.2 Å². The van der Waals surface area contributed by atoms with Crippen LogP contribution in [0.3, 0.4) is 0 Å². The molecule has 0 amide bonds. The second-order valence-electron chi connectivity index (χ2n) is 5.26. The molecule has 1 unspecified atom stereocenters. The van der Waals surface area contributed by atoms with Gasteiger partial charge in [0.15, 0.2) is 0 Å². The SMILES string of the molecule is CC1(C)CC1(N)c1cc(Cl)cc(C(F)(F)F)c1. The highest BCUT2D eigenvalue weighted by Crippen LogP contribution is 2.60. The van der Waals surface area contributed by atoms with Crippen LogP contribution in [-0.4, -0.2) is 0 Å². The fourth-order valence-electron chi connectivity index (χ4n) is 2.16. The number of benzene rings is 1. The van der Waals surface area contributed by atoms with Crippen molar-refractivity contribution in [1.29, 1.82) is 0 Å². The summed E-state index contributed by atoms with van der Waals surface area (Å²) in [6, 6.07) is 3.54. The second-order valence-corrected chi connectivity index (χ2v) is 5.69. The van der Waals surface area contributed by atoms with Crippen molar-refractivity contribution in [2.75, 3.05) is 0 Å². The van der Waals surface area contributed by atoms with Gasteiger partial charge < -0.3 is 5.73 Å². The van der Waals surface area contributed by atoms with E-state index in [4.69, 9.17) is 17.3 Å². The summed E-state index contributed by atoms with van der Waals surface area (Å²) in [6.45, 7) is 3.86. The van der Waals surface area contributed by atoms with Gasteiger partial charge in [-0.25, -0.2) is 0 Å². The zero-order valence-corrected chi connectivity index (χ0v) is 10.3. The summed E-state index contributed by atoms with van der Waals surface area (Å²) in [5.41, 5.74) is 4.94. The van der Waals surface area contributed by atoms with E-state index in [-0.39, 0.29) is 10.4 Å². The summed E-state index contributed by atoms with van der Waals surface area (Å²) in [6.07, 6.45) is -3.73. The van der Waals surface area contributed by atoms with E-state index in [0.717, 1.165) is 12.1 Å². The molecule has 0 spiro atoms. The lowest BCUT2D eigenvalue weighted by Crippen LogP contribution is -2.26. The minimum absolute atomic E-state index is 0.0716. The van der Waals surface area contributed by atoms with E-state index >= 15 is 0 Å². The molecule has 5 heteroatoms. The summed E-state index contributed by atoms with van der Waals surface area (Å²) in [5.74, 6) is 0. The Hall–Kier alpha value is -0.740. The van der Waals surface area contributed by atoms with Crippen LogP contribution in [0.25, 0.3) is 0 Å². The molecular formula is C12H13ClF3N. The third kappa shape index (κ3) is 2.04. The molecule has 1 atom stereocenters. The lowest BCUT2D eigenvalue weighted by molar-refractivity contribution is -0.137. The van der Waals surface area contributed by atoms with Crippen molar-refractivity contribution in [1.82, 2.24) is 0 Å². The Morgan fingerprint density at radius 3 is 2.18 bits per heavy atom. The lowest BCUT2D eigenvalue weighted by atomic mass is 9.95. The Kier molecular flexibility index (Phi) is 2.53. The van der Waals surface area contributed by atoms with Gasteiger partial charge in [0.1, 0.15) is 0 Å². The van der Waals surface area contributed by atoms with Crippen molar-refractivity contribution in [2.24, 2.45) is 11.1 Å². The molecule has 1 aliphatic rings. The molecular weight excluding hydrogens is 251 g/mol. The maximum absolute atomic E-state index is 12.6. The van der Waals surface area contributed by atoms with Crippen LogP contribution in [0.1, 0.15) is 31.4 Å². The highest BCUT2D eigenvalue weighted by Gasteiger charge is 2.59. The molecule has 17 heavy (non-hydrogen) atoms. The highest BCUT2D eigenvalue weighted by molar-refractivity contribution is 6.30. The van der Waals surface area contributed by atoms with Crippen LogP contribution >= 0.6 is 11.6 Å². The van der Waals surface area contributed by atoms with Crippen LogP contribution in [0.15, 0.2) is 18.2 Å². The zero-order chi connectivity index (χ0) is 13.1. The molecule has 1 fully saturated rings. The topological polar surface area (TPSA) is 26.0 Å². The van der Waals surface area contributed by atoms with Crippen molar-refractivity contribution in [3.05, 3.63) is 34.3 Å². The van der Waals surface area contributed by atoms with E-state index in [1.54, 1.807) is 0 Å².